The maximum Gasteiger partial charge on any atom is 0.329 e. The average Bonchev–Trinajstić information content (AvgIpc) is 2.20. The minimum atomic E-state index is -0.644. The van der Waals surface area contributed by atoms with Crippen LogP contribution in [0.15, 0.2) is 0 Å². The molecule has 1 atom stereocenters. The van der Waals surface area contributed by atoms with Gasteiger partial charge in [0.2, 0.25) is 5.91 Å². The lowest BCUT2D eigenvalue weighted by Crippen LogP contribution is -2.42. The Labute approximate surface area is 104 Å². The Morgan fingerprint density at radius 2 is 2.13 bits per heavy atom. The summed E-state index contributed by atoms with van der Waals surface area (Å²) in [5, 5.41) is 3.37. The molecule has 0 aliphatic heterocycles. The van der Waals surface area contributed by atoms with E-state index in [9.17, 15) is 9.59 Å². The third-order valence-corrected chi connectivity index (χ3v) is 2.54. The number of hydrogen-bond donors (Lipinski definition) is 2. The van der Waals surface area contributed by atoms with Crippen LogP contribution in [-0.2, 0) is 14.3 Å². The highest BCUT2D eigenvalue weighted by atomic mass is 79.9. The SMILES string of the molecule is CC(=O)N[C@H](CS)C(=O)OCCCCBr. The molecule has 0 heterocycles. The van der Waals surface area contributed by atoms with Crippen LogP contribution in [0.4, 0.5) is 0 Å². The van der Waals surface area contributed by atoms with E-state index in [1.54, 1.807) is 0 Å². The van der Waals surface area contributed by atoms with Gasteiger partial charge in [-0.25, -0.2) is 4.79 Å². The van der Waals surface area contributed by atoms with Crippen molar-refractivity contribution >= 4 is 40.4 Å². The van der Waals surface area contributed by atoms with E-state index in [0.717, 1.165) is 18.2 Å². The first-order valence-electron chi connectivity index (χ1n) is 4.72. The van der Waals surface area contributed by atoms with E-state index in [1.165, 1.54) is 6.92 Å². The van der Waals surface area contributed by atoms with Gasteiger partial charge in [-0.1, -0.05) is 15.9 Å². The van der Waals surface area contributed by atoms with Crippen LogP contribution in [0.5, 0.6) is 0 Å². The first kappa shape index (κ1) is 14.8. The number of amides is 1. The first-order valence-corrected chi connectivity index (χ1v) is 6.47. The summed E-state index contributed by atoms with van der Waals surface area (Å²) in [6.45, 7) is 1.74. The maximum absolute atomic E-state index is 11.4. The van der Waals surface area contributed by atoms with Gasteiger partial charge in [-0.3, -0.25) is 4.79 Å². The lowest BCUT2D eigenvalue weighted by atomic mass is 10.3. The molecule has 0 unspecified atom stereocenters. The van der Waals surface area contributed by atoms with Crippen LogP contribution >= 0.6 is 28.6 Å². The summed E-state index contributed by atoms with van der Waals surface area (Å²) in [6.07, 6.45) is 1.77. The lowest BCUT2D eigenvalue weighted by molar-refractivity contribution is -0.147. The summed E-state index contributed by atoms with van der Waals surface area (Å²) in [5.74, 6) is -0.433. The van der Waals surface area contributed by atoms with Gasteiger partial charge >= 0.3 is 5.97 Å². The minimum absolute atomic E-state index is 0.247. The van der Waals surface area contributed by atoms with Crippen molar-refractivity contribution < 1.29 is 14.3 Å². The predicted molar refractivity (Wildman–Crippen MR) is 65.4 cm³/mol. The van der Waals surface area contributed by atoms with Gasteiger partial charge in [0.05, 0.1) is 6.61 Å². The van der Waals surface area contributed by atoms with Gasteiger partial charge in [0, 0.05) is 18.0 Å². The fourth-order valence-corrected chi connectivity index (χ4v) is 1.53. The van der Waals surface area contributed by atoms with Crippen molar-refractivity contribution in [1.29, 1.82) is 0 Å². The maximum atomic E-state index is 11.4. The number of esters is 1. The zero-order valence-corrected chi connectivity index (χ0v) is 11.1. The highest BCUT2D eigenvalue weighted by Crippen LogP contribution is 1.97. The first-order chi connectivity index (χ1) is 7.11. The number of carbonyl (C=O) groups is 2. The molecule has 88 valence electrons. The number of hydrogen-bond acceptors (Lipinski definition) is 4. The van der Waals surface area contributed by atoms with Crippen LogP contribution in [0, 0.1) is 0 Å². The summed E-state index contributed by atoms with van der Waals surface area (Å²) in [7, 11) is 0. The fraction of sp³-hybridized carbons (Fsp3) is 0.778. The largest absolute Gasteiger partial charge is 0.464 e. The molecule has 0 bridgehead atoms. The van der Waals surface area contributed by atoms with Crippen LogP contribution in [0.3, 0.4) is 0 Å². The second-order valence-corrected chi connectivity index (χ2v) is 4.16. The van der Waals surface area contributed by atoms with Crippen molar-refractivity contribution in [1.82, 2.24) is 5.32 Å². The van der Waals surface area contributed by atoms with Gasteiger partial charge in [-0.2, -0.15) is 12.6 Å². The molecule has 0 spiro atoms. The van der Waals surface area contributed by atoms with E-state index in [2.05, 4.69) is 33.9 Å². The Balaban J connectivity index is 3.78. The summed E-state index contributed by atoms with van der Waals surface area (Å²) in [4.78, 5) is 22.1. The molecular formula is C9H16BrNO3S. The highest BCUT2D eigenvalue weighted by Gasteiger charge is 2.18. The van der Waals surface area contributed by atoms with Gasteiger partial charge in [0.25, 0.3) is 0 Å². The Morgan fingerprint density at radius 3 is 2.60 bits per heavy atom. The van der Waals surface area contributed by atoms with E-state index >= 15 is 0 Å². The van der Waals surface area contributed by atoms with Crippen molar-refractivity contribution in [2.24, 2.45) is 0 Å². The van der Waals surface area contributed by atoms with E-state index in [1.807, 2.05) is 0 Å². The Morgan fingerprint density at radius 1 is 1.47 bits per heavy atom. The zero-order valence-electron chi connectivity index (χ0n) is 8.66. The molecule has 6 heteroatoms. The van der Waals surface area contributed by atoms with Crippen molar-refractivity contribution in [3.63, 3.8) is 0 Å². The number of rotatable bonds is 7. The molecule has 0 rings (SSSR count). The number of thiol groups is 1. The number of unbranched alkanes of at least 4 members (excludes halogenated alkanes) is 1. The van der Waals surface area contributed by atoms with Crippen LogP contribution in [0.2, 0.25) is 0 Å². The molecule has 15 heavy (non-hydrogen) atoms. The van der Waals surface area contributed by atoms with E-state index < -0.39 is 12.0 Å². The molecule has 0 aromatic carbocycles. The molecule has 1 N–H and O–H groups in total. The Hall–Kier alpha value is -0.230. The molecule has 0 aromatic heterocycles. The zero-order chi connectivity index (χ0) is 11.7. The number of nitrogens with one attached hydrogen (secondary N) is 1. The van der Waals surface area contributed by atoms with Gasteiger partial charge in [-0.05, 0) is 12.8 Å². The van der Waals surface area contributed by atoms with Gasteiger partial charge in [0.1, 0.15) is 6.04 Å². The van der Waals surface area contributed by atoms with Gasteiger partial charge < -0.3 is 10.1 Å². The van der Waals surface area contributed by atoms with Crippen molar-refractivity contribution in [3.05, 3.63) is 0 Å². The van der Waals surface area contributed by atoms with Gasteiger partial charge in [-0.15, -0.1) is 0 Å². The molecule has 0 saturated carbocycles. The molecule has 0 aromatic rings. The molecule has 0 radical (unpaired) electrons. The lowest BCUT2D eigenvalue weighted by Gasteiger charge is -2.14. The predicted octanol–water partition coefficient (Wildman–Crippen LogP) is 1.14. The topological polar surface area (TPSA) is 55.4 Å². The Kier molecular flexibility index (Phi) is 8.89. The number of carbonyl (C=O) groups excluding carboxylic acids is 2. The smallest absolute Gasteiger partial charge is 0.329 e. The van der Waals surface area contributed by atoms with Crippen molar-refractivity contribution in [2.45, 2.75) is 25.8 Å². The quantitative estimate of drug-likeness (QED) is 0.321. The van der Waals surface area contributed by atoms with Crippen LogP contribution in [0.25, 0.3) is 0 Å². The van der Waals surface area contributed by atoms with Crippen molar-refractivity contribution in [2.75, 3.05) is 17.7 Å². The van der Waals surface area contributed by atoms with Gasteiger partial charge in [0.15, 0.2) is 0 Å². The molecule has 0 saturated heterocycles. The molecular weight excluding hydrogens is 282 g/mol. The second-order valence-electron chi connectivity index (χ2n) is 3.00. The summed E-state index contributed by atoms with van der Waals surface area (Å²) >= 11 is 7.25. The van der Waals surface area contributed by atoms with E-state index in [-0.39, 0.29) is 11.7 Å². The monoisotopic (exact) mass is 297 g/mol. The third kappa shape index (κ3) is 7.67. The summed E-state index contributed by atoms with van der Waals surface area (Å²) < 4.78 is 4.97. The molecule has 0 fully saturated rings. The number of alkyl halides is 1. The Bertz CT molecular complexity index is 214. The average molecular weight is 298 g/mol. The fourth-order valence-electron chi connectivity index (χ4n) is 0.894. The molecule has 0 aliphatic rings. The van der Waals surface area contributed by atoms with E-state index in [4.69, 9.17) is 4.74 Å². The molecule has 0 aliphatic carbocycles. The van der Waals surface area contributed by atoms with Crippen molar-refractivity contribution in [3.8, 4) is 0 Å². The van der Waals surface area contributed by atoms with Crippen LogP contribution in [0.1, 0.15) is 19.8 Å². The summed E-state index contributed by atoms with van der Waals surface area (Å²) in [5.41, 5.74) is 0. The minimum Gasteiger partial charge on any atom is -0.464 e. The molecule has 1 amide bonds. The third-order valence-electron chi connectivity index (χ3n) is 1.62. The molecule has 4 nitrogen and oxygen atoms in total. The highest BCUT2D eigenvalue weighted by molar-refractivity contribution is 9.09. The second kappa shape index (κ2) is 9.03. The normalized spacial score (nSPS) is 11.9. The number of ether oxygens (including phenoxy) is 1. The summed E-state index contributed by atoms with van der Waals surface area (Å²) in [6, 6.07) is -0.644. The van der Waals surface area contributed by atoms with E-state index in [0.29, 0.717) is 6.61 Å². The van der Waals surface area contributed by atoms with Crippen LogP contribution in [-0.4, -0.2) is 35.6 Å². The standard InChI is InChI=1S/C9H16BrNO3S/c1-7(12)11-8(6-15)9(13)14-5-3-2-4-10/h8,15H,2-6H2,1H3,(H,11,12)/t8-/m1/s1. The number of halogens is 1. The van der Waals surface area contributed by atoms with Crippen LogP contribution < -0.4 is 5.32 Å².